The Bertz CT molecular complexity index is 690. The molecule has 0 saturated heterocycles. The molecular formula is C16H17N3O2. The molecule has 1 N–H and O–H groups in total. The summed E-state index contributed by atoms with van der Waals surface area (Å²) >= 11 is 0. The Balaban J connectivity index is 1.74. The molecule has 0 radical (unpaired) electrons. The zero-order valence-corrected chi connectivity index (χ0v) is 11.7. The monoisotopic (exact) mass is 283 g/mol. The molecule has 1 fully saturated rings. The molecule has 1 aliphatic carbocycles. The summed E-state index contributed by atoms with van der Waals surface area (Å²) < 4.78 is 1.21. The van der Waals surface area contributed by atoms with Gasteiger partial charge >= 0.3 is 0 Å². The van der Waals surface area contributed by atoms with Gasteiger partial charge in [0.05, 0.1) is 5.69 Å². The predicted molar refractivity (Wildman–Crippen MR) is 79.7 cm³/mol. The molecule has 5 nitrogen and oxygen atoms in total. The topological polar surface area (TPSA) is 64.0 Å². The maximum atomic E-state index is 11.8. The number of aromatic nitrogens is 2. The van der Waals surface area contributed by atoms with Crippen molar-refractivity contribution in [1.29, 1.82) is 0 Å². The van der Waals surface area contributed by atoms with Gasteiger partial charge in [-0.15, -0.1) is 0 Å². The van der Waals surface area contributed by atoms with E-state index in [9.17, 15) is 9.59 Å². The number of amides is 1. The van der Waals surface area contributed by atoms with Crippen LogP contribution >= 0.6 is 0 Å². The number of carbonyl (C=O) groups is 1. The van der Waals surface area contributed by atoms with Crippen LogP contribution in [0.2, 0.25) is 0 Å². The number of carbonyl (C=O) groups excluding carboxylic acids is 1. The molecule has 21 heavy (non-hydrogen) atoms. The Morgan fingerprint density at radius 2 is 1.95 bits per heavy atom. The molecule has 1 amide bonds. The molecule has 0 atom stereocenters. The standard InChI is InChI=1S/C16H17N3O2/c20-15(17-10-12-6-7-12)11-19-16(21)9-8-14(18-19)13-4-2-1-3-5-13/h1-5,8-9,12H,6-7,10-11H2,(H,17,20). The smallest absolute Gasteiger partial charge is 0.267 e. The molecule has 1 aliphatic rings. The van der Waals surface area contributed by atoms with Crippen LogP contribution in [-0.2, 0) is 11.3 Å². The number of hydrogen-bond donors (Lipinski definition) is 1. The first-order chi connectivity index (χ1) is 10.2. The van der Waals surface area contributed by atoms with E-state index in [1.165, 1.54) is 23.6 Å². The number of nitrogens with one attached hydrogen (secondary N) is 1. The number of nitrogens with zero attached hydrogens (tertiary/aromatic N) is 2. The average molecular weight is 283 g/mol. The summed E-state index contributed by atoms with van der Waals surface area (Å²) in [7, 11) is 0. The van der Waals surface area contributed by atoms with E-state index in [0.29, 0.717) is 18.2 Å². The van der Waals surface area contributed by atoms with Crippen molar-refractivity contribution in [2.24, 2.45) is 5.92 Å². The van der Waals surface area contributed by atoms with E-state index in [4.69, 9.17) is 0 Å². The van der Waals surface area contributed by atoms with E-state index in [1.807, 2.05) is 30.3 Å². The lowest BCUT2D eigenvalue weighted by Gasteiger charge is -2.08. The minimum absolute atomic E-state index is 0.0355. The van der Waals surface area contributed by atoms with Gasteiger partial charge in [0.15, 0.2) is 0 Å². The zero-order valence-electron chi connectivity index (χ0n) is 11.7. The van der Waals surface area contributed by atoms with Crippen LogP contribution in [-0.4, -0.2) is 22.2 Å². The fraction of sp³-hybridized carbons (Fsp3) is 0.312. The van der Waals surface area contributed by atoms with Gasteiger partial charge in [0.1, 0.15) is 6.54 Å². The van der Waals surface area contributed by atoms with Gasteiger partial charge in [-0.2, -0.15) is 5.10 Å². The van der Waals surface area contributed by atoms with Crippen molar-refractivity contribution in [3.05, 3.63) is 52.8 Å². The third kappa shape index (κ3) is 3.56. The highest BCUT2D eigenvalue weighted by atomic mass is 16.2. The Hall–Kier alpha value is -2.43. The van der Waals surface area contributed by atoms with Crippen molar-refractivity contribution in [2.75, 3.05) is 6.54 Å². The number of benzene rings is 1. The van der Waals surface area contributed by atoms with Gasteiger partial charge in [-0.05, 0) is 24.8 Å². The lowest BCUT2D eigenvalue weighted by molar-refractivity contribution is -0.121. The van der Waals surface area contributed by atoms with Crippen LogP contribution in [0.15, 0.2) is 47.3 Å². The Morgan fingerprint density at radius 3 is 2.67 bits per heavy atom. The normalized spacial score (nSPS) is 13.9. The molecule has 0 bridgehead atoms. The minimum Gasteiger partial charge on any atom is -0.354 e. The maximum absolute atomic E-state index is 11.8. The molecule has 5 heteroatoms. The Labute approximate surface area is 122 Å². The second-order valence-electron chi connectivity index (χ2n) is 5.33. The maximum Gasteiger partial charge on any atom is 0.267 e. The second kappa shape index (κ2) is 5.91. The van der Waals surface area contributed by atoms with Crippen molar-refractivity contribution in [3.8, 4) is 11.3 Å². The van der Waals surface area contributed by atoms with Gasteiger partial charge in [0.2, 0.25) is 5.91 Å². The quantitative estimate of drug-likeness (QED) is 0.903. The van der Waals surface area contributed by atoms with Gasteiger partial charge in [-0.3, -0.25) is 9.59 Å². The SMILES string of the molecule is O=C(Cn1nc(-c2ccccc2)ccc1=O)NCC1CC1. The summed E-state index contributed by atoms with van der Waals surface area (Å²) in [6.07, 6.45) is 2.37. The summed E-state index contributed by atoms with van der Waals surface area (Å²) in [6.45, 7) is 0.665. The van der Waals surface area contributed by atoms with E-state index in [1.54, 1.807) is 6.07 Å². The highest BCUT2D eigenvalue weighted by Crippen LogP contribution is 2.27. The Morgan fingerprint density at radius 1 is 1.19 bits per heavy atom. The molecular weight excluding hydrogens is 266 g/mol. The second-order valence-corrected chi connectivity index (χ2v) is 5.33. The Kier molecular flexibility index (Phi) is 3.81. The van der Waals surface area contributed by atoms with Crippen LogP contribution in [0.25, 0.3) is 11.3 Å². The molecule has 108 valence electrons. The molecule has 1 aromatic carbocycles. The van der Waals surface area contributed by atoms with Gasteiger partial charge in [-0.25, -0.2) is 4.68 Å². The van der Waals surface area contributed by atoms with Crippen molar-refractivity contribution < 1.29 is 4.79 Å². The average Bonchev–Trinajstić information content (AvgIpc) is 3.33. The third-order valence-corrected chi connectivity index (χ3v) is 3.51. The summed E-state index contributed by atoms with van der Waals surface area (Å²) in [6, 6.07) is 12.7. The summed E-state index contributed by atoms with van der Waals surface area (Å²) in [4.78, 5) is 23.6. The summed E-state index contributed by atoms with van der Waals surface area (Å²) in [5.74, 6) is 0.455. The van der Waals surface area contributed by atoms with E-state index in [-0.39, 0.29) is 18.0 Å². The van der Waals surface area contributed by atoms with Crippen LogP contribution in [0.4, 0.5) is 0 Å². The van der Waals surface area contributed by atoms with Gasteiger partial charge in [0.25, 0.3) is 5.56 Å². The van der Waals surface area contributed by atoms with E-state index < -0.39 is 0 Å². The van der Waals surface area contributed by atoms with E-state index in [2.05, 4.69) is 10.4 Å². The lowest BCUT2D eigenvalue weighted by atomic mass is 10.1. The van der Waals surface area contributed by atoms with Crippen molar-refractivity contribution >= 4 is 5.91 Å². The highest BCUT2D eigenvalue weighted by molar-refractivity contribution is 5.75. The van der Waals surface area contributed by atoms with Crippen LogP contribution in [0.5, 0.6) is 0 Å². The van der Waals surface area contributed by atoms with Crippen LogP contribution in [0.3, 0.4) is 0 Å². The van der Waals surface area contributed by atoms with E-state index in [0.717, 1.165) is 5.56 Å². The molecule has 1 aromatic heterocycles. The molecule has 2 aromatic rings. The molecule has 1 heterocycles. The highest BCUT2D eigenvalue weighted by Gasteiger charge is 2.21. The fourth-order valence-electron chi connectivity index (χ4n) is 2.10. The largest absolute Gasteiger partial charge is 0.354 e. The number of hydrogen-bond acceptors (Lipinski definition) is 3. The molecule has 0 spiro atoms. The van der Waals surface area contributed by atoms with Gasteiger partial charge in [0, 0.05) is 18.2 Å². The first kappa shape index (κ1) is 13.5. The predicted octanol–water partition coefficient (Wildman–Crippen LogP) is 1.44. The zero-order chi connectivity index (χ0) is 14.7. The van der Waals surface area contributed by atoms with Gasteiger partial charge < -0.3 is 5.32 Å². The van der Waals surface area contributed by atoms with Gasteiger partial charge in [-0.1, -0.05) is 30.3 Å². The van der Waals surface area contributed by atoms with Crippen molar-refractivity contribution in [2.45, 2.75) is 19.4 Å². The molecule has 3 rings (SSSR count). The molecule has 1 saturated carbocycles. The first-order valence-electron chi connectivity index (χ1n) is 7.12. The van der Waals surface area contributed by atoms with E-state index >= 15 is 0 Å². The molecule has 0 aliphatic heterocycles. The van der Waals surface area contributed by atoms with Crippen LogP contribution < -0.4 is 10.9 Å². The van der Waals surface area contributed by atoms with Crippen molar-refractivity contribution in [1.82, 2.24) is 15.1 Å². The summed E-state index contributed by atoms with van der Waals surface area (Å²) in [5, 5.41) is 7.11. The molecule has 0 unspecified atom stereocenters. The van der Waals surface area contributed by atoms with Crippen LogP contribution in [0, 0.1) is 5.92 Å². The number of rotatable bonds is 5. The van der Waals surface area contributed by atoms with Crippen molar-refractivity contribution in [3.63, 3.8) is 0 Å². The fourth-order valence-corrected chi connectivity index (χ4v) is 2.10. The van der Waals surface area contributed by atoms with Crippen LogP contribution in [0.1, 0.15) is 12.8 Å². The minimum atomic E-state index is -0.267. The lowest BCUT2D eigenvalue weighted by Crippen LogP contribution is -2.34. The first-order valence-corrected chi connectivity index (χ1v) is 7.12. The third-order valence-electron chi connectivity index (χ3n) is 3.51. The summed E-state index contributed by atoms with van der Waals surface area (Å²) in [5.41, 5.74) is 1.34.